The van der Waals surface area contributed by atoms with Gasteiger partial charge in [0, 0.05) is 32.2 Å². The van der Waals surface area contributed by atoms with Gasteiger partial charge in [0.25, 0.3) is 0 Å². The Bertz CT molecular complexity index is 281. The molecule has 1 N–H and O–H groups in total. The Labute approximate surface area is 111 Å². The van der Waals surface area contributed by atoms with E-state index in [0.717, 1.165) is 38.0 Å². The van der Waals surface area contributed by atoms with Crippen LogP contribution in [0.1, 0.15) is 26.7 Å². The van der Waals surface area contributed by atoms with Crippen LogP contribution >= 0.6 is 0 Å². The van der Waals surface area contributed by atoms with Crippen LogP contribution < -0.4 is 5.32 Å². The third-order valence-corrected chi connectivity index (χ3v) is 4.57. The molecule has 4 heteroatoms. The molecule has 1 saturated heterocycles. The molecule has 2 aliphatic rings. The molecule has 0 bridgehead atoms. The van der Waals surface area contributed by atoms with Crippen LogP contribution in [0.4, 0.5) is 0 Å². The fraction of sp³-hybridized carbons (Fsp3) is 0.929. The first-order valence-electron chi connectivity index (χ1n) is 7.26. The normalized spacial score (nSPS) is 28.6. The van der Waals surface area contributed by atoms with E-state index in [1.54, 1.807) is 0 Å². The van der Waals surface area contributed by atoms with Gasteiger partial charge in [-0.05, 0) is 31.7 Å². The molecule has 0 atom stereocenters. The molecule has 1 amide bonds. The molecule has 0 unspecified atom stereocenters. The van der Waals surface area contributed by atoms with Crippen molar-refractivity contribution >= 4 is 5.91 Å². The molecule has 1 aliphatic heterocycles. The molecule has 0 aromatic heterocycles. The van der Waals surface area contributed by atoms with E-state index < -0.39 is 0 Å². The second kappa shape index (κ2) is 6.02. The molecule has 2 rings (SSSR count). The lowest BCUT2D eigenvalue weighted by atomic mass is 9.73. The molecule has 4 nitrogen and oxygen atoms in total. The Hall–Kier alpha value is -0.610. The zero-order chi connectivity index (χ0) is 13.1. The number of piperazine rings is 1. The number of amides is 1. The summed E-state index contributed by atoms with van der Waals surface area (Å²) in [5, 5.41) is 3.28. The van der Waals surface area contributed by atoms with Gasteiger partial charge in [-0.1, -0.05) is 13.8 Å². The maximum atomic E-state index is 12.1. The van der Waals surface area contributed by atoms with Gasteiger partial charge in [0.1, 0.15) is 0 Å². The molecule has 2 fully saturated rings. The van der Waals surface area contributed by atoms with Gasteiger partial charge >= 0.3 is 0 Å². The van der Waals surface area contributed by atoms with Crippen molar-refractivity contribution in [1.82, 2.24) is 15.1 Å². The summed E-state index contributed by atoms with van der Waals surface area (Å²) in [5.41, 5.74) is 0. The monoisotopic (exact) mass is 253 g/mol. The lowest BCUT2D eigenvalue weighted by Gasteiger charge is -2.43. The largest absolute Gasteiger partial charge is 0.339 e. The number of nitrogens with one attached hydrogen (secondary N) is 1. The highest BCUT2D eigenvalue weighted by Crippen LogP contribution is 2.36. The van der Waals surface area contributed by atoms with E-state index in [4.69, 9.17) is 0 Å². The number of likely N-dealkylation sites (N-methyl/N-ethyl adjacent to an activating group) is 1. The summed E-state index contributed by atoms with van der Waals surface area (Å²) >= 11 is 0. The average Bonchev–Trinajstić information content (AvgIpc) is 2.27. The predicted octanol–water partition coefficient (Wildman–Crippen LogP) is 0.785. The van der Waals surface area contributed by atoms with E-state index >= 15 is 0 Å². The minimum absolute atomic E-state index is 0.298. The summed E-state index contributed by atoms with van der Waals surface area (Å²) in [5.74, 6) is 1.96. The van der Waals surface area contributed by atoms with Crippen molar-refractivity contribution in [2.75, 3.05) is 39.8 Å². The smallest absolute Gasteiger partial charge is 0.236 e. The number of rotatable bonds is 4. The molecule has 1 aliphatic carbocycles. The van der Waals surface area contributed by atoms with Crippen LogP contribution in [0, 0.1) is 11.8 Å². The zero-order valence-electron chi connectivity index (χ0n) is 12.0. The lowest BCUT2D eigenvalue weighted by molar-refractivity contribution is -0.134. The van der Waals surface area contributed by atoms with Crippen LogP contribution in [0.5, 0.6) is 0 Å². The summed E-state index contributed by atoms with van der Waals surface area (Å²) in [6.45, 7) is 8.80. The van der Waals surface area contributed by atoms with Crippen LogP contribution in [-0.4, -0.2) is 61.5 Å². The van der Waals surface area contributed by atoms with E-state index in [1.807, 2.05) is 4.90 Å². The fourth-order valence-corrected chi connectivity index (χ4v) is 2.89. The van der Waals surface area contributed by atoms with Crippen molar-refractivity contribution in [2.24, 2.45) is 11.8 Å². The van der Waals surface area contributed by atoms with Crippen molar-refractivity contribution < 1.29 is 4.79 Å². The Morgan fingerprint density at radius 2 is 1.94 bits per heavy atom. The van der Waals surface area contributed by atoms with Crippen molar-refractivity contribution in [3.8, 4) is 0 Å². The first-order valence-corrected chi connectivity index (χ1v) is 7.26. The SMILES string of the molecule is CC(C)C1CC(N(C)CC(=O)N2CCNCC2)C1. The fourth-order valence-electron chi connectivity index (χ4n) is 2.89. The minimum atomic E-state index is 0.298. The molecule has 18 heavy (non-hydrogen) atoms. The molecule has 1 heterocycles. The number of hydrogen-bond donors (Lipinski definition) is 1. The van der Waals surface area contributed by atoms with Crippen LogP contribution in [0.3, 0.4) is 0 Å². The third-order valence-electron chi connectivity index (χ3n) is 4.57. The number of hydrogen-bond acceptors (Lipinski definition) is 3. The second-order valence-electron chi connectivity index (χ2n) is 6.18. The van der Waals surface area contributed by atoms with Crippen LogP contribution in [0.25, 0.3) is 0 Å². The Kier molecular flexibility index (Phi) is 4.62. The van der Waals surface area contributed by atoms with Gasteiger partial charge in [-0.25, -0.2) is 0 Å². The van der Waals surface area contributed by atoms with Gasteiger partial charge < -0.3 is 10.2 Å². The molecule has 0 radical (unpaired) electrons. The van der Waals surface area contributed by atoms with Gasteiger partial charge in [-0.3, -0.25) is 9.69 Å². The van der Waals surface area contributed by atoms with Gasteiger partial charge in [-0.2, -0.15) is 0 Å². The Balaban J connectivity index is 1.71. The van der Waals surface area contributed by atoms with Crippen LogP contribution in [0.2, 0.25) is 0 Å². The summed E-state index contributed by atoms with van der Waals surface area (Å²) in [7, 11) is 2.10. The van der Waals surface area contributed by atoms with Crippen molar-refractivity contribution in [3.05, 3.63) is 0 Å². The van der Waals surface area contributed by atoms with E-state index in [9.17, 15) is 4.79 Å². The standard InChI is InChI=1S/C14H27N3O/c1-11(2)12-8-13(9-12)16(3)10-14(18)17-6-4-15-5-7-17/h11-13,15H,4-10H2,1-3H3. The Morgan fingerprint density at radius 3 is 2.50 bits per heavy atom. The highest BCUT2D eigenvalue weighted by atomic mass is 16.2. The quantitative estimate of drug-likeness (QED) is 0.804. The first kappa shape index (κ1) is 13.8. The van der Waals surface area contributed by atoms with E-state index in [2.05, 4.69) is 31.1 Å². The summed E-state index contributed by atoms with van der Waals surface area (Å²) in [6, 6.07) is 0.629. The van der Waals surface area contributed by atoms with Crippen LogP contribution in [-0.2, 0) is 4.79 Å². The maximum absolute atomic E-state index is 12.1. The molecule has 0 spiro atoms. The zero-order valence-corrected chi connectivity index (χ0v) is 12.0. The summed E-state index contributed by atoms with van der Waals surface area (Å²) < 4.78 is 0. The first-order chi connectivity index (χ1) is 8.58. The van der Waals surface area contributed by atoms with E-state index in [0.29, 0.717) is 18.5 Å². The topological polar surface area (TPSA) is 35.6 Å². The summed E-state index contributed by atoms with van der Waals surface area (Å²) in [4.78, 5) is 16.4. The minimum Gasteiger partial charge on any atom is -0.339 e. The van der Waals surface area contributed by atoms with Gasteiger partial charge in [0.2, 0.25) is 5.91 Å². The number of carbonyl (C=O) groups excluding carboxylic acids is 1. The molecule has 0 aromatic carbocycles. The third kappa shape index (κ3) is 3.23. The van der Waals surface area contributed by atoms with Crippen molar-refractivity contribution in [1.29, 1.82) is 0 Å². The van der Waals surface area contributed by atoms with Gasteiger partial charge in [0.15, 0.2) is 0 Å². The molecule has 0 aromatic rings. The highest BCUT2D eigenvalue weighted by Gasteiger charge is 2.34. The van der Waals surface area contributed by atoms with Gasteiger partial charge in [-0.15, -0.1) is 0 Å². The molecule has 104 valence electrons. The molecular weight excluding hydrogens is 226 g/mol. The second-order valence-corrected chi connectivity index (χ2v) is 6.18. The Morgan fingerprint density at radius 1 is 1.33 bits per heavy atom. The van der Waals surface area contributed by atoms with E-state index in [-0.39, 0.29) is 0 Å². The van der Waals surface area contributed by atoms with E-state index in [1.165, 1.54) is 12.8 Å². The number of carbonyl (C=O) groups is 1. The van der Waals surface area contributed by atoms with Crippen molar-refractivity contribution in [2.45, 2.75) is 32.7 Å². The van der Waals surface area contributed by atoms with Crippen molar-refractivity contribution in [3.63, 3.8) is 0 Å². The summed E-state index contributed by atoms with van der Waals surface area (Å²) in [6.07, 6.45) is 2.53. The molecule has 1 saturated carbocycles. The maximum Gasteiger partial charge on any atom is 0.236 e. The lowest BCUT2D eigenvalue weighted by Crippen LogP contribution is -2.52. The molecular formula is C14H27N3O. The number of nitrogens with zero attached hydrogens (tertiary/aromatic N) is 2. The van der Waals surface area contributed by atoms with Crippen LogP contribution in [0.15, 0.2) is 0 Å². The highest BCUT2D eigenvalue weighted by molar-refractivity contribution is 5.78. The van der Waals surface area contributed by atoms with Gasteiger partial charge in [0.05, 0.1) is 6.54 Å². The average molecular weight is 253 g/mol. The predicted molar refractivity (Wildman–Crippen MR) is 73.4 cm³/mol.